The minimum absolute atomic E-state index is 0.0585. The number of aliphatic hydroxyl groups excluding tert-OH is 1. The lowest BCUT2D eigenvalue weighted by Crippen LogP contribution is -2.25. The second-order valence-corrected chi connectivity index (χ2v) is 7.69. The number of aliphatic hydroxyl groups is 1. The van der Waals surface area contributed by atoms with E-state index < -0.39 is 23.9 Å². The molecule has 0 saturated carbocycles. The Bertz CT molecular complexity index is 1170. The Balaban J connectivity index is 0.000000429. The SMILES string of the molecule is O=C(O)C(F)(F)F.OC[C@H]1C[C@H](Nc2nnc(-c3ccc(C(F)(F)F)cc3)c3ccccc23)CN1. The predicted molar refractivity (Wildman–Crippen MR) is 115 cm³/mol. The average molecular weight is 502 g/mol. The van der Waals surface area contributed by atoms with Crippen LogP contribution in [0, 0.1) is 0 Å². The van der Waals surface area contributed by atoms with Crippen LogP contribution in [0.2, 0.25) is 0 Å². The Morgan fingerprint density at radius 3 is 2.11 bits per heavy atom. The van der Waals surface area contributed by atoms with Gasteiger partial charge in [-0.2, -0.15) is 26.3 Å². The topological polar surface area (TPSA) is 107 Å². The zero-order valence-electron chi connectivity index (χ0n) is 17.9. The molecule has 4 rings (SSSR count). The molecule has 3 aromatic rings. The molecule has 0 radical (unpaired) electrons. The average Bonchev–Trinajstić information content (AvgIpc) is 3.26. The molecular formula is C22H20F6N4O3. The number of halogens is 6. The molecule has 2 heterocycles. The summed E-state index contributed by atoms with van der Waals surface area (Å²) in [6.45, 7) is 0.791. The number of anilines is 1. The summed E-state index contributed by atoms with van der Waals surface area (Å²) in [5.74, 6) is -2.14. The normalized spacial score (nSPS) is 18.1. The number of aromatic nitrogens is 2. The van der Waals surface area contributed by atoms with Crippen LogP contribution in [0.5, 0.6) is 0 Å². The maximum absolute atomic E-state index is 12.8. The number of carbonyl (C=O) groups is 1. The maximum Gasteiger partial charge on any atom is 0.490 e. The summed E-state index contributed by atoms with van der Waals surface area (Å²) in [7, 11) is 0. The summed E-state index contributed by atoms with van der Waals surface area (Å²) in [5, 5.41) is 33.2. The summed E-state index contributed by atoms with van der Waals surface area (Å²) in [5.41, 5.74) is 0.415. The zero-order valence-corrected chi connectivity index (χ0v) is 17.9. The van der Waals surface area contributed by atoms with Crippen LogP contribution in [0.3, 0.4) is 0 Å². The van der Waals surface area contributed by atoms with Crippen molar-refractivity contribution in [1.29, 1.82) is 0 Å². The highest BCUT2D eigenvalue weighted by atomic mass is 19.4. The molecule has 1 aliphatic rings. The van der Waals surface area contributed by atoms with Crippen LogP contribution in [-0.2, 0) is 11.0 Å². The van der Waals surface area contributed by atoms with Gasteiger partial charge in [0.25, 0.3) is 0 Å². The van der Waals surface area contributed by atoms with Crippen molar-refractivity contribution in [3.63, 3.8) is 0 Å². The van der Waals surface area contributed by atoms with Gasteiger partial charge in [-0.3, -0.25) is 0 Å². The molecule has 7 nitrogen and oxygen atoms in total. The maximum atomic E-state index is 12.8. The number of carboxylic acids is 1. The van der Waals surface area contributed by atoms with E-state index in [0.717, 1.165) is 29.3 Å². The second kappa shape index (κ2) is 10.4. The third-order valence-corrected chi connectivity index (χ3v) is 5.20. The van der Waals surface area contributed by atoms with E-state index in [0.29, 0.717) is 23.6 Å². The van der Waals surface area contributed by atoms with Gasteiger partial charge in [0.1, 0.15) is 5.69 Å². The molecule has 0 spiro atoms. The van der Waals surface area contributed by atoms with Gasteiger partial charge in [0.15, 0.2) is 5.82 Å². The van der Waals surface area contributed by atoms with E-state index in [2.05, 4.69) is 20.8 Å². The number of rotatable bonds is 4. The van der Waals surface area contributed by atoms with Crippen molar-refractivity contribution >= 4 is 22.6 Å². The van der Waals surface area contributed by atoms with Gasteiger partial charge in [0, 0.05) is 35.0 Å². The van der Waals surface area contributed by atoms with E-state index in [1.54, 1.807) is 0 Å². The van der Waals surface area contributed by atoms with Crippen LogP contribution < -0.4 is 10.6 Å². The van der Waals surface area contributed by atoms with Gasteiger partial charge in [0.05, 0.1) is 12.2 Å². The van der Waals surface area contributed by atoms with Gasteiger partial charge in [0.2, 0.25) is 0 Å². The van der Waals surface area contributed by atoms with E-state index in [9.17, 15) is 31.4 Å². The molecule has 2 atom stereocenters. The first-order valence-corrected chi connectivity index (χ1v) is 10.2. The Morgan fingerprint density at radius 1 is 1.00 bits per heavy atom. The summed E-state index contributed by atoms with van der Waals surface area (Å²) in [6.07, 6.45) is -8.69. The van der Waals surface area contributed by atoms with Gasteiger partial charge >= 0.3 is 18.3 Å². The van der Waals surface area contributed by atoms with E-state index >= 15 is 0 Å². The molecule has 1 saturated heterocycles. The molecule has 35 heavy (non-hydrogen) atoms. The van der Waals surface area contributed by atoms with Gasteiger partial charge < -0.3 is 20.8 Å². The summed E-state index contributed by atoms with van der Waals surface area (Å²) < 4.78 is 70.2. The molecule has 13 heteroatoms. The number of carboxylic acid groups (broad SMARTS) is 1. The number of hydrogen-bond acceptors (Lipinski definition) is 6. The van der Waals surface area contributed by atoms with Crippen molar-refractivity contribution in [2.45, 2.75) is 30.9 Å². The standard InChI is InChI=1S/C20H19F3N4O.C2HF3O2/c21-20(22,23)13-7-5-12(6-8-13)18-16-3-1-2-4-17(16)19(27-26-18)25-14-9-15(11-28)24-10-14;3-2(4,5)1(6)7/h1-8,14-15,24,28H,9-11H2,(H,25,27);(H,6,7)/t14-,15+;/m0./s1. The summed E-state index contributed by atoms with van der Waals surface area (Å²) in [6, 6.07) is 12.6. The van der Waals surface area contributed by atoms with E-state index in [1.807, 2.05) is 24.3 Å². The van der Waals surface area contributed by atoms with Crippen molar-refractivity contribution in [1.82, 2.24) is 15.5 Å². The van der Waals surface area contributed by atoms with Crippen molar-refractivity contribution in [3.8, 4) is 11.3 Å². The number of aliphatic carboxylic acids is 1. The second-order valence-electron chi connectivity index (χ2n) is 7.69. The van der Waals surface area contributed by atoms with E-state index in [-0.39, 0.29) is 18.7 Å². The minimum atomic E-state index is -5.08. The lowest BCUT2D eigenvalue weighted by molar-refractivity contribution is -0.192. The fourth-order valence-electron chi connectivity index (χ4n) is 3.50. The Labute approximate surface area is 194 Å². The highest BCUT2D eigenvalue weighted by Crippen LogP contribution is 2.33. The van der Waals surface area contributed by atoms with Crippen molar-refractivity contribution in [2.75, 3.05) is 18.5 Å². The van der Waals surface area contributed by atoms with Gasteiger partial charge in [-0.1, -0.05) is 36.4 Å². The van der Waals surface area contributed by atoms with Crippen LogP contribution in [-0.4, -0.2) is 57.8 Å². The first kappa shape index (κ1) is 26.2. The van der Waals surface area contributed by atoms with Crippen LogP contribution >= 0.6 is 0 Å². The highest BCUT2D eigenvalue weighted by Gasteiger charge is 2.38. The lowest BCUT2D eigenvalue weighted by atomic mass is 10.0. The predicted octanol–water partition coefficient (Wildman–Crippen LogP) is 4.08. The number of benzene rings is 2. The molecular weight excluding hydrogens is 482 g/mol. The number of nitrogens with zero attached hydrogens (tertiary/aromatic N) is 2. The third-order valence-electron chi connectivity index (χ3n) is 5.20. The first-order chi connectivity index (χ1) is 16.4. The van der Waals surface area contributed by atoms with Crippen LogP contribution in [0.1, 0.15) is 12.0 Å². The molecule has 2 aromatic carbocycles. The molecule has 0 aliphatic carbocycles. The quantitative estimate of drug-likeness (QED) is 0.398. The third kappa shape index (κ3) is 6.57. The molecule has 0 unspecified atom stereocenters. The van der Waals surface area contributed by atoms with Crippen LogP contribution in [0.4, 0.5) is 32.2 Å². The van der Waals surface area contributed by atoms with E-state index in [4.69, 9.17) is 9.90 Å². The Hall–Kier alpha value is -3.45. The summed E-state index contributed by atoms with van der Waals surface area (Å²) in [4.78, 5) is 8.90. The van der Waals surface area contributed by atoms with Gasteiger partial charge in [-0.25, -0.2) is 4.79 Å². The van der Waals surface area contributed by atoms with E-state index in [1.165, 1.54) is 12.1 Å². The highest BCUT2D eigenvalue weighted by molar-refractivity contribution is 6.00. The summed E-state index contributed by atoms with van der Waals surface area (Å²) >= 11 is 0. The molecule has 0 amide bonds. The number of hydrogen-bond donors (Lipinski definition) is 4. The molecule has 188 valence electrons. The lowest BCUT2D eigenvalue weighted by Gasteiger charge is -2.15. The molecule has 0 bridgehead atoms. The molecule has 1 aliphatic heterocycles. The largest absolute Gasteiger partial charge is 0.490 e. The fraction of sp³-hybridized carbons (Fsp3) is 0.318. The molecule has 1 aromatic heterocycles. The Kier molecular flexibility index (Phi) is 7.80. The fourth-order valence-corrected chi connectivity index (χ4v) is 3.50. The van der Waals surface area contributed by atoms with Crippen molar-refractivity contribution in [3.05, 3.63) is 54.1 Å². The Morgan fingerprint density at radius 2 is 1.60 bits per heavy atom. The number of nitrogens with one attached hydrogen (secondary N) is 2. The minimum Gasteiger partial charge on any atom is -0.475 e. The number of alkyl halides is 6. The molecule has 4 N–H and O–H groups in total. The van der Waals surface area contributed by atoms with Crippen molar-refractivity contribution in [2.24, 2.45) is 0 Å². The molecule has 1 fully saturated rings. The van der Waals surface area contributed by atoms with Crippen molar-refractivity contribution < 1.29 is 41.4 Å². The van der Waals surface area contributed by atoms with Gasteiger partial charge in [-0.05, 0) is 18.6 Å². The smallest absolute Gasteiger partial charge is 0.475 e. The monoisotopic (exact) mass is 502 g/mol. The zero-order chi connectivity index (χ0) is 25.8. The van der Waals surface area contributed by atoms with Crippen LogP contribution in [0.15, 0.2) is 48.5 Å². The van der Waals surface area contributed by atoms with Gasteiger partial charge in [-0.15, -0.1) is 10.2 Å². The first-order valence-electron chi connectivity index (χ1n) is 10.2. The van der Waals surface area contributed by atoms with Crippen LogP contribution in [0.25, 0.3) is 22.0 Å². The number of fused-ring (bicyclic) bond motifs is 1.